The van der Waals surface area contributed by atoms with E-state index in [9.17, 15) is 32.3 Å². The van der Waals surface area contributed by atoms with Gasteiger partial charge in [-0.15, -0.1) is 0 Å². The van der Waals surface area contributed by atoms with Gasteiger partial charge in [-0.05, 0) is 74.7 Å². The average molecular weight is 618 g/mol. The van der Waals surface area contributed by atoms with Gasteiger partial charge in [0.1, 0.15) is 5.69 Å². The molecule has 238 valence electrons. The first-order chi connectivity index (χ1) is 20.6. The van der Waals surface area contributed by atoms with Crippen molar-refractivity contribution in [3.8, 4) is 5.69 Å². The molecule has 0 unspecified atom stereocenters. The lowest BCUT2D eigenvalue weighted by atomic mass is 9.75. The summed E-state index contributed by atoms with van der Waals surface area (Å²) in [5.41, 5.74) is 2.58. The summed E-state index contributed by atoms with van der Waals surface area (Å²) in [5, 5.41) is 3.36. The molecule has 2 aromatic rings. The Hall–Kier alpha value is -3.87. The van der Waals surface area contributed by atoms with E-state index in [0.29, 0.717) is 24.7 Å². The Morgan fingerprint density at radius 2 is 1.75 bits per heavy atom. The second-order valence-corrected chi connectivity index (χ2v) is 13.0. The van der Waals surface area contributed by atoms with Crippen LogP contribution in [-0.4, -0.2) is 73.0 Å². The van der Waals surface area contributed by atoms with E-state index >= 15 is 0 Å². The normalized spacial score (nSPS) is 21.1. The summed E-state index contributed by atoms with van der Waals surface area (Å²) >= 11 is 0. The van der Waals surface area contributed by atoms with Crippen molar-refractivity contribution in [2.45, 2.75) is 58.7 Å². The number of halogens is 3. The van der Waals surface area contributed by atoms with Crippen LogP contribution in [0.4, 0.5) is 23.7 Å². The Kier molecular flexibility index (Phi) is 8.06. The standard InChI is InChI=1S/C31H38F3N5O5/c1-6-44-28(42)26-25(31(32,33)34)24-22(12-30(2,3)13-23(24)40)38(26)18-7-8-20(27(35)41)21(11-18)39(29(43)37(4)5)19-9-16-14-36-15-17(16)10-19/h7-8,11,16-17,19,36H,6,9-10,12-15H2,1-5H3,(H2,35,41)/t16-,17-/m1/s1. The number of hydrogen-bond acceptors (Lipinski definition) is 6. The van der Waals surface area contributed by atoms with E-state index in [0.717, 1.165) is 17.7 Å². The fourth-order valence-electron chi connectivity index (χ4n) is 7.16. The van der Waals surface area contributed by atoms with Gasteiger partial charge in [0.25, 0.3) is 5.91 Å². The number of ketones is 1. The number of amides is 3. The number of aromatic nitrogens is 1. The molecule has 2 heterocycles. The van der Waals surface area contributed by atoms with Gasteiger partial charge < -0.3 is 25.3 Å². The lowest BCUT2D eigenvalue weighted by Crippen LogP contribution is -2.46. The Labute approximate surface area is 253 Å². The molecule has 3 N–H and O–H groups in total. The molecule has 2 fully saturated rings. The van der Waals surface area contributed by atoms with Crippen molar-refractivity contribution in [2.24, 2.45) is 23.0 Å². The van der Waals surface area contributed by atoms with Gasteiger partial charge in [-0.1, -0.05) is 13.8 Å². The minimum absolute atomic E-state index is 0.00490. The Morgan fingerprint density at radius 3 is 2.30 bits per heavy atom. The summed E-state index contributed by atoms with van der Waals surface area (Å²) in [5.74, 6) is -2.13. The van der Waals surface area contributed by atoms with Crippen molar-refractivity contribution in [2.75, 3.05) is 38.7 Å². The van der Waals surface area contributed by atoms with Gasteiger partial charge in [-0.2, -0.15) is 13.2 Å². The van der Waals surface area contributed by atoms with Crippen LogP contribution >= 0.6 is 0 Å². The maximum atomic E-state index is 14.7. The summed E-state index contributed by atoms with van der Waals surface area (Å²) < 4.78 is 50.4. The maximum Gasteiger partial charge on any atom is 0.419 e. The first kappa shape index (κ1) is 31.6. The highest BCUT2D eigenvalue weighted by Gasteiger charge is 2.49. The summed E-state index contributed by atoms with van der Waals surface area (Å²) in [6, 6.07) is 3.43. The number of benzene rings is 1. The number of anilines is 1. The molecule has 0 bridgehead atoms. The minimum Gasteiger partial charge on any atom is -0.461 e. The third-order valence-electron chi connectivity index (χ3n) is 8.93. The van der Waals surface area contributed by atoms with Crippen LogP contribution in [0.3, 0.4) is 0 Å². The summed E-state index contributed by atoms with van der Waals surface area (Å²) in [6.07, 6.45) is -3.80. The van der Waals surface area contributed by atoms with Crippen LogP contribution in [0.15, 0.2) is 18.2 Å². The van der Waals surface area contributed by atoms with E-state index in [1.807, 2.05) is 0 Å². The van der Waals surface area contributed by atoms with Crippen LogP contribution in [0.5, 0.6) is 0 Å². The molecular formula is C31H38F3N5O5. The minimum atomic E-state index is -5.05. The van der Waals surface area contributed by atoms with Gasteiger partial charge in [0, 0.05) is 37.9 Å². The zero-order chi connectivity index (χ0) is 32.3. The number of nitrogens with two attached hydrogens (primary N) is 1. The van der Waals surface area contributed by atoms with Crippen molar-refractivity contribution < 1.29 is 37.1 Å². The van der Waals surface area contributed by atoms with Gasteiger partial charge in [-0.3, -0.25) is 14.5 Å². The lowest BCUT2D eigenvalue weighted by Gasteiger charge is -2.34. The third kappa shape index (κ3) is 5.46. The average Bonchev–Trinajstić information content (AvgIpc) is 3.60. The first-order valence-electron chi connectivity index (χ1n) is 14.8. The number of hydrogen-bond donors (Lipinski definition) is 2. The number of fused-ring (bicyclic) bond motifs is 2. The van der Waals surface area contributed by atoms with Crippen molar-refractivity contribution >= 4 is 29.4 Å². The van der Waals surface area contributed by atoms with E-state index in [2.05, 4.69) is 5.32 Å². The topological polar surface area (TPSA) is 127 Å². The molecule has 1 aliphatic heterocycles. The number of rotatable bonds is 6. The maximum absolute atomic E-state index is 14.7. The number of nitrogens with zero attached hydrogens (tertiary/aromatic N) is 3. The van der Waals surface area contributed by atoms with Crippen molar-refractivity contribution in [3.05, 3.63) is 46.3 Å². The van der Waals surface area contributed by atoms with Gasteiger partial charge >= 0.3 is 18.2 Å². The van der Waals surface area contributed by atoms with Crippen LogP contribution in [-0.2, 0) is 17.3 Å². The smallest absolute Gasteiger partial charge is 0.419 e. The SMILES string of the molecule is CCOC(=O)c1c(C(F)(F)F)c2c(n1-c1ccc(C(N)=O)c(N(C(=O)N(C)C)C3C[C@@H]4CNC[C@H]4C3)c1)CC(C)(C)CC2=O. The van der Waals surface area contributed by atoms with E-state index in [4.69, 9.17) is 10.5 Å². The quantitative estimate of drug-likeness (QED) is 0.463. The molecule has 13 heteroatoms. The summed E-state index contributed by atoms with van der Waals surface area (Å²) in [6.45, 7) is 6.43. The highest BCUT2D eigenvalue weighted by atomic mass is 19.4. The lowest BCUT2D eigenvalue weighted by molar-refractivity contribution is -0.138. The third-order valence-corrected chi connectivity index (χ3v) is 8.93. The monoisotopic (exact) mass is 617 g/mol. The zero-order valence-electron chi connectivity index (χ0n) is 25.5. The fourth-order valence-corrected chi connectivity index (χ4v) is 7.16. The summed E-state index contributed by atoms with van der Waals surface area (Å²) in [4.78, 5) is 55.9. The fraction of sp³-hybridized carbons (Fsp3) is 0.548. The molecule has 10 nitrogen and oxygen atoms in total. The van der Waals surface area contributed by atoms with Gasteiger partial charge in [0.15, 0.2) is 5.78 Å². The number of primary amides is 1. The van der Waals surface area contributed by atoms with Gasteiger partial charge in [0.2, 0.25) is 0 Å². The number of urea groups is 1. The van der Waals surface area contributed by atoms with E-state index < -0.39 is 52.1 Å². The Morgan fingerprint density at radius 1 is 1.11 bits per heavy atom. The van der Waals surface area contributed by atoms with E-state index in [1.165, 1.54) is 34.9 Å². The van der Waals surface area contributed by atoms with Crippen molar-refractivity contribution in [3.63, 3.8) is 0 Å². The largest absolute Gasteiger partial charge is 0.461 e. The number of nitrogens with one attached hydrogen (secondary N) is 1. The Balaban J connectivity index is 1.80. The van der Waals surface area contributed by atoms with Crippen LogP contribution in [0, 0.1) is 17.3 Å². The molecule has 1 saturated heterocycles. The predicted octanol–water partition coefficient (Wildman–Crippen LogP) is 4.41. The Bertz CT molecular complexity index is 1520. The molecule has 44 heavy (non-hydrogen) atoms. The molecule has 1 saturated carbocycles. The number of esters is 1. The molecule has 0 radical (unpaired) electrons. The van der Waals surface area contributed by atoms with Crippen LogP contribution in [0.2, 0.25) is 0 Å². The number of Topliss-reactive ketones (excluding diaryl/α,β-unsaturated/α-hetero) is 1. The highest BCUT2D eigenvalue weighted by molar-refractivity contribution is 6.06. The molecule has 0 spiro atoms. The van der Waals surface area contributed by atoms with E-state index in [-0.39, 0.29) is 48.1 Å². The van der Waals surface area contributed by atoms with Crippen molar-refractivity contribution in [1.82, 2.24) is 14.8 Å². The number of carbonyl (C=O) groups excluding carboxylic acids is 4. The zero-order valence-corrected chi connectivity index (χ0v) is 25.5. The van der Waals surface area contributed by atoms with Gasteiger partial charge in [0.05, 0.1) is 29.0 Å². The molecule has 2 atom stereocenters. The molecular weight excluding hydrogens is 579 g/mol. The van der Waals surface area contributed by atoms with Crippen LogP contribution in [0.1, 0.15) is 82.5 Å². The molecule has 3 aliphatic rings. The molecule has 5 rings (SSSR count). The summed E-state index contributed by atoms with van der Waals surface area (Å²) in [7, 11) is 3.15. The molecule has 3 amide bonds. The highest BCUT2D eigenvalue weighted by Crippen LogP contribution is 2.47. The number of ether oxygens (including phenoxy) is 1. The second-order valence-electron chi connectivity index (χ2n) is 13.0. The van der Waals surface area contributed by atoms with Crippen molar-refractivity contribution in [1.29, 1.82) is 0 Å². The second kappa shape index (κ2) is 11.2. The van der Waals surface area contributed by atoms with Crippen LogP contribution < -0.4 is 16.0 Å². The first-order valence-corrected chi connectivity index (χ1v) is 14.8. The number of carbonyl (C=O) groups is 4. The predicted molar refractivity (Wildman–Crippen MR) is 156 cm³/mol. The van der Waals surface area contributed by atoms with Crippen LogP contribution in [0.25, 0.3) is 5.69 Å². The molecule has 1 aromatic heterocycles. The molecule has 1 aromatic carbocycles. The number of alkyl halides is 3. The van der Waals surface area contributed by atoms with Gasteiger partial charge in [-0.25, -0.2) is 9.59 Å². The molecule has 2 aliphatic carbocycles. The van der Waals surface area contributed by atoms with E-state index in [1.54, 1.807) is 27.9 Å².